The molecule has 1 saturated heterocycles. The Balaban J connectivity index is 1.67. The van der Waals surface area contributed by atoms with Crippen molar-refractivity contribution in [3.63, 3.8) is 0 Å². The van der Waals surface area contributed by atoms with Crippen molar-refractivity contribution >= 4 is 16.8 Å². The average molecular weight is 326 g/mol. The van der Waals surface area contributed by atoms with Crippen LogP contribution >= 0.6 is 0 Å². The first kappa shape index (κ1) is 14.9. The standard InChI is InChI=1S/C17H18N4O3/c1-10-3-4-12-8-14(19-13(12)7-10)17(22)21-5-6-23-9-15(21)16-18-11(2)20-24-16/h3-4,7-8,15,19H,5-6,9H2,1-2H3/t15-/m0/s1. The highest BCUT2D eigenvalue weighted by molar-refractivity contribution is 5.98. The lowest BCUT2D eigenvalue weighted by Crippen LogP contribution is -2.43. The lowest BCUT2D eigenvalue weighted by atomic mass is 10.2. The molecule has 0 bridgehead atoms. The second-order valence-corrected chi connectivity index (χ2v) is 6.04. The second kappa shape index (κ2) is 5.76. The summed E-state index contributed by atoms with van der Waals surface area (Å²) in [6, 6.07) is 7.59. The molecule has 24 heavy (non-hydrogen) atoms. The van der Waals surface area contributed by atoms with E-state index in [-0.39, 0.29) is 11.9 Å². The number of aromatic amines is 1. The van der Waals surface area contributed by atoms with Crippen LogP contribution in [0.3, 0.4) is 0 Å². The number of ether oxygens (including phenoxy) is 1. The number of carbonyl (C=O) groups is 1. The fourth-order valence-electron chi connectivity index (χ4n) is 3.01. The van der Waals surface area contributed by atoms with Gasteiger partial charge < -0.3 is 19.1 Å². The van der Waals surface area contributed by atoms with Crippen molar-refractivity contribution in [3.8, 4) is 0 Å². The monoisotopic (exact) mass is 326 g/mol. The quantitative estimate of drug-likeness (QED) is 0.781. The fourth-order valence-corrected chi connectivity index (χ4v) is 3.01. The molecule has 3 heterocycles. The highest BCUT2D eigenvalue weighted by Gasteiger charge is 2.33. The van der Waals surface area contributed by atoms with Gasteiger partial charge in [0.1, 0.15) is 11.7 Å². The molecule has 7 nitrogen and oxygen atoms in total. The van der Waals surface area contributed by atoms with Crippen LogP contribution in [0, 0.1) is 13.8 Å². The van der Waals surface area contributed by atoms with Crippen LogP contribution in [0.1, 0.15) is 33.8 Å². The van der Waals surface area contributed by atoms with Gasteiger partial charge >= 0.3 is 0 Å². The molecule has 4 rings (SSSR count). The van der Waals surface area contributed by atoms with E-state index in [1.54, 1.807) is 11.8 Å². The topological polar surface area (TPSA) is 84.2 Å². The molecule has 7 heteroatoms. The number of nitrogens with zero attached hydrogens (tertiary/aromatic N) is 3. The number of aryl methyl sites for hydroxylation is 2. The summed E-state index contributed by atoms with van der Waals surface area (Å²) in [5.41, 5.74) is 2.66. The van der Waals surface area contributed by atoms with Crippen LogP contribution in [0.4, 0.5) is 0 Å². The van der Waals surface area contributed by atoms with Crippen LogP contribution < -0.4 is 0 Å². The minimum absolute atomic E-state index is 0.0898. The molecule has 1 aromatic carbocycles. The van der Waals surface area contributed by atoms with Crippen molar-refractivity contribution in [2.45, 2.75) is 19.9 Å². The molecule has 1 aliphatic heterocycles. The van der Waals surface area contributed by atoms with E-state index in [1.807, 2.05) is 31.2 Å². The average Bonchev–Trinajstić information content (AvgIpc) is 3.20. The molecule has 2 aromatic heterocycles. The number of morpholine rings is 1. The third kappa shape index (κ3) is 2.56. The second-order valence-electron chi connectivity index (χ2n) is 6.04. The Morgan fingerprint density at radius 3 is 3.00 bits per heavy atom. The van der Waals surface area contributed by atoms with Gasteiger partial charge in [0.25, 0.3) is 11.8 Å². The van der Waals surface area contributed by atoms with Gasteiger partial charge in [0.05, 0.1) is 13.2 Å². The van der Waals surface area contributed by atoms with Gasteiger partial charge in [0.2, 0.25) is 0 Å². The van der Waals surface area contributed by atoms with Crippen LogP contribution in [0.15, 0.2) is 28.8 Å². The number of aromatic nitrogens is 3. The lowest BCUT2D eigenvalue weighted by molar-refractivity contribution is -0.0121. The zero-order valence-corrected chi connectivity index (χ0v) is 13.6. The van der Waals surface area contributed by atoms with Gasteiger partial charge in [0.15, 0.2) is 5.82 Å². The molecule has 0 spiro atoms. The third-order valence-electron chi connectivity index (χ3n) is 4.23. The lowest BCUT2D eigenvalue weighted by Gasteiger charge is -2.32. The molecule has 1 aliphatic rings. The number of nitrogens with one attached hydrogen (secondary N) is 1. The Morgan fingerprint density at radius 2 is 2.21 bits per heavy atom. The highest BCUT2D eigenvalue weighted by atomic mass is 16.5. The number of carbonyl (C=O) groups excluding carboxylic acids is 1. The van der Waals surface area contributed by atoms with Crippen LogP contribution in [-0.2, 0) is 4.74 Å². The van der Waals surface area contributed by atoms with Crippen molar-refractivity contribution in [1.29, 1.82) is 0 Å². The number of H-pyrrole nitrogens is 1. The van der Waals surface area contributed by atoms with Crippen molar-refractivity contribution in [1.82, 2.24) is 20.0 Å². The van der Waals surface area contributed by atoms with E-state index in [2.05, 4.69) is 15.1 Å². The van der Waals surface area contributed by atoms with Gasteiger partial charge in [-0.25, -0.2) is 0 Å². The summed E-state index contributed by atoms with van der Waals surface area (Å²) in [6.45, 7) is 5.11. The first-order valence-electron chi connectivity index (χ1n) is 7.90. The Kier molecular flexibility index (Phi) is 3.57. The van der Waals surface area contributed by atoms with E-state index in [0.717, 1.165) is 16.5 Å². The molecular formula is C17H18N4O3. The van der Waals surface area contributed by atoms with Gasteiger partial charge in [-0.1, -0.05) is 17.3 Å². The van der Waals surface area contributed by atoms with Gasteiger partial charge in [-0.3, -0.25) is 4.79 Å². The van der Waals surface area contributed by atoms with E-state index in [0.29, 0.717) is 37.2 Å². The number of hydrogen-bond acceptors (Lipinski definition) is 5. The van der Waals surface area contributed by atoms with E-state index >= 15 is 0 Å². The van der Waals surface area contributed by atoms with Gasteiger partial charge in [-0.05, 0) is 31.5 Å². The van der Waals surface area contributed by atoms with E-state index in [9.17, 15) is 4.79 Å². The van der Waals surface area contributed by atoms with Crippen molar-refractivity contribution in [2.75, 3.05) is 19.8 Å². The Bertz CT molecular complexity index is 898. The van der Waals surface area contributed by atoms with Crippen LogP contribution in [-0.4, -0.2) is 45.7 Å². The number of rotatable bonds is 2. The highest BCUT2D eigenvalue weighted by Crippen LogP contribution is 2.26. The van der Waals surface area contributed by atoms with Gasteiger partial charge in [-0.15, -0.1) is 0 Å². The van der Waals surface area contributed by atoms with E-state index in [4.69, 9.17) is 9.26 Å². The van der Waals surface area contributed by atoms with Crippen LogP contribution in [0.5, 0.6) is 0 Å². The SMILES string of the molecule is Cc1ccc2cc(C(=O)N3CCOC[C@H]3c3nc(C)no3)[nH]c2c1. The number of amides is 1. The maximum Gasteiger partial charge on any atom is 0.271 e. The Labute approximate surface area is 138 Å². The van der Waals surface area contributed by atoms with Crippen molar-refractivity contribution in [2.24, 2.45) is 0 Å². The molecule has 3 aromatic rings. The summed E-state index contributed by atoms with van der Waals surface area (Å²) in [5.74, 6) is 0.865. The Hall–Kier alpha value is -2.67. The summed E-state index contributed by atoms with van der Waals surface area (Å²) < 4.78 is 10.8. The molecule has 1 amide bonds. The molecule has 0 unspecified atom stereocenters. The van der Waals surface area contributed by atoms with E-state index < -0.39 is 0 Å². The largest absolute Gasteiger partial charge is 0.377 e. The molecule has 1 fully saturated rings. The summed E-state index contributed by atoms with van der Waals surface area (Å²) in [7, 11) is 0. The summed E-state index contributed by atoms with van der Waals surface area (Å²) >= 11 is 0. The smallest absolute Gasteiger partial charge is 0.271 e. The first-order chi connectivity index (χ1) is 11.6. The predicted octanol–water partition coefficient (Wildman–Crippen LogP) is 2.38. The van der Waals surface area contributed by atoms with Crippen molar-refractivity contribution < 1.29 is 14.1 Å². The molecule has 0 aliphatic carbocycles. The molecule has 1 atom stereocenters. The Morgan fingerprint density at radius 1 is 1.33 bits per heavy atom. The zero-order valence-electron chi connectivity index (χ0n) is 13.6. The third-order valence-corrected chi connectivity index (χ3v) is 4.23. The number of fused-ring (bicyclic) bond motifs is 1. The molecule has 124 valence electrons. The maximum atomic E-state index is 13.0. The molecular weight excluding hydrogens is 308 g/mol. The maximum absolute atomic E-state index is 13.0. The summed E-state index contributed by atoms with van der Waals surface area (Å²) in [4.78, 5) is 22.2. The normalized spacial score (nSPS) is 18.2. The zero-order chi connectivity index (χ0) is 16.7. The molecule has 0 saturated carbocycles. The van der Waals surface area contributed by atoms with Crippen LogP contribution in [0.25, 0.3) is 10.9 Å². The number of hydrogen-bond donors (Lipinski definition) is 1. The minimum Gasteiger partial charge on any atom is -0.377 e. The van der Waals surface area contributed by atoms with Crippen LogP contribution in [0.2, 0.25) is 0 Å². The molecule has 0 radical (unpaired) electrons. The predicted molar refractivity (Wildman–Crippen MR) is 86.7 cm³/mol. The number of benzene rings is 1. The van der Waals surface area contributed by atoms with Gasteiger partial charge in [0, 0.05) is 17.4 Å². The summed E-state index contributed by atoms with van der Waals surface area (Å²) in [6.07, 6.45) is 0. The van der Waals surface area contributed by atoms with Crippen molar-refractivity contribution in [3.05, 3.63) is 47.2 Å². The first-order valence-corrected chi connectivity index (χ1v) is 7.90. The fraction of sp³-hybridized carbons (Fsp3) is 0.353. The minimum atomic E-state index is -0.361. The summed E-state index contributed by atoms with van der Waals surface area (Å²) in [5, 5.41) is 4.83. The van der Waals surface area contributed by atoms with Gasteiger partial charge in [-0.2, -0.15) is 4.98 Å². The molecule has 1 N–H and O–H groups in total. The van der Waals surface area contributed by atoms with E-state index in [1.165, 1.54) is 0 Å².